The van der Waals surface area contributed by atoms with E-state index in [2.05, 4.69) is 16.0 Å². The molecule has 1 fully saturated rings. The van der Waals surface area contributed by atoms with Crippen molar-refractivity contribution in [2.45, 2.75) is 18.8 Å². The lowest BCUT2D eigenvalue weighted by Gasteiger charge is -2.17. The highest BCUT2D eigenvalue weighted by atomic mass is 16.7. The van der Waals surface area contributed by atoms with Crippen molar-refractivity contribution >= 4 is 11.0 Å². The lowest BCUT2D eigenvalue weighted by molar-refractivity contribution is -0.0701. The van der Waals surface area contributed by atoms with Crippen molar-refractivity contribution in [1.82, 2.24) is 9.97 Å². The van der Waals surface area contributed by atoms with Crippen LogP contribution in [0, 0.1) is 0 Å². The molecule has 0 amide bonds. The van der Waals surface area contributed by atoms with Gasteiger partial charge in [0.15, 0.2) is 6.29 Å². The summed E-state index contributed by atoms with van der Waals surface area (Å²) in [5.74, 6) is 0. The molecule has 1 N–H and O–H groups in total. The Morgan fingerprint density at radius 2 is 2.47 bits per heavy atom. The molecule has 2 atom stereocenters. The predicted molar refractivity (Wildman–Crippen MR) is 53.4 cm³/mol. The molecule has 2 bridgehead atoms. The van der Waals surface area contributed by atoms with E-state index in [1.54, 1.807) is 6.20 Å². The lowest BCUT2D eigenvalue weighted by Crippen LogP contribution is -2.18. The van der Waals surface area contributed by atoms with E-state index >= 15 is 0 Å². The van der Waals surface area contributed by atoms with Crippen LogP contribution in [0.5, 0.6) is 0 Å². The number of aromatic nitrogens is 2. The fourth-order valence-electron chi connectivity index (χ4n) is 2.45. The summed E-state index contributed by atoms with van der Waals surface area (Å²) < 4.78 is 11.2. The van der Waals surface area contributed by atoms with Crippen molar-refractivity contribution in [3.63, 3.8) is 0 Å². The van der Waals surface area contributed by atoms with Gasteiger partial charge in [-0.2, -0.15) is 0 Å². The topological polar surface area (TPSA) is 47.1 Å². The van der Waals surface area contributed by atoms with E-state index in [1.165, 1.54) is 10.9 Å². The van der Waals surface area contributed by atoms with Crippen molar-refractivity contribution in [2.24, 2.45) is 0 Å². The summed E-state index contributed by atoms with van der Waals surface area (Å²) in [5.41, 5.74) is 3.30. The van der Waals surface area contributed by atoms with Crippen LogP contribution >= 0.6 is 0 Å². The first-order valence-corrected chi connectivity index (χ1v) is 5.14. The molecule has 2 aliphatic rings. The molecule has 76 valence electrons. The second kappa shape index (κ2) is 2.59. The summed E-state index contributed by atoms with van der Waals surface area (Å²) in [5, 5.41) is 1.20. The van der Waals surface area contributed by atoms with Crippen LogP contribution in [0.1, 0.15) is 17.5 Å². The zero-order valence-corrected chi connectivity index (χ0v) is 8.06. The fraction of sp³-hybridized carbons (Fsp3) is 0.364. The molecule has 0 spiro atoms. The normalized spacial score (nSPS) is 28.3. The van der Waals surface area contributed by atoms with Crippen LogP contribution in [0.3, 0.4) is 0 Å². The van der Waals surface area contributed by atoms with Crippen LogP contribution in [0.15, 0.2) is 18.3 Å². The lowest BCUT2D eigenvalue weighted by atomic mass is 10.0. The first kappa shape index (κ1) is 7.84. The van der Waals surface area contributed by atoms with Gasteiger partial charge in [0.25, 0.3) is 0 Å². The number of ether oxygens (including phenoxy) is 2. The Labute approximate surface area is 86.2 Å². The van der Waals surface area contributed by atoms with Crippen LogP contribution in [-0.4, -0.2) is 22.7 Å². The van der Waals surface area contributed by atoms with Crippen molar-refractivity contribution in [3.05, 3.63) is 29.6 Å². The highest BCUT2D eigenvalue weighted by Gasteiger charge is 2.37. The molecule has 2 aromatic heterocycles. The largest absolute Gasteiger partial charge is 0.344 e. The fourth-order valence-corrected chi connectivity index (χ4v) is 2.45. The first-order chi connectivity index (χ1) is 7.42. The molecular weight excluding hydrogens is 192 g/mol. The average molecular weight is 202 g/mol. The minimum Gasteiger partial charge on any atom is -0.344 e. The molecule has 4 rings (SSSR count). The van der Waals surface area contributed by atoms with E-state index in [4.69, 9.17) is 9.47 Å². The number of nitrogens with zero attached hydrogens (tertiary/aromatic N) is 1. The summed E-state index contributed by atoms with van der Waals surface area (Å²) in [4.78, 5) is 7.59. The van der Waals surface area contributed by atoms with Crippen LogP contribution < -0.4 is 0 Å². The molecule has 0 aliphatic carbocycles. The monoisotopic (exact) mass is 202 g/mol. The van der Waals surface area contributed by atoms with E-state index in [9.17, 15) is 0 Å². The van der Waals surface area contributed by atoms with Crippen molar-refractivity contribution in [2.75, 3.05) is 6.61 Å². The minimum atomic E-state index is -0.201. The van der Waals surface area contributed by atoms with Gasteiger partial charge in [0.2, 0.25) is 0 Å². The van der Waals surface area contributed by atoms with Crippen LogP contribution in [-0.2, 0) is 15.9 Å². The molecule has 0 aromatic carbocycles. The molecule has 0 radical (unpaired) electrons. The Bertz CT molecular complexity index is 534. The molecule has 0 saturated carbocycles. The van der Waals surface area contributed by atoms with Gasteiger partial charge in [0.1, 0.15) is 5.65 Å². The Morgan fingerprint density at radius 3 is 3.47 bits per heavy atom. The van der Waals surface area contributed by atoms with Gasteiger partial charge in [-0.25, -0.2) is 4.98 Å². The zero-order chi connectivity index (χ0) is 9.83. The number of hydrogen-bond donors (Lipinski definition) is 1. The van der Waals surface area contributed by atoms with Gasteiger partial charge in [-0.1, -0.05) is 0 Å². The summed E-state index contributed by atoms with van der Waals surface area (Å²) in [6.07, 6.45) is 2.75. The summed E-state index contributed by atoms with van der Waals surface area (Å²) >= 11 is 0. The van der Waals surface area contributed by atoms with E-state index < -0.39 is 0 Å². The molecule has 2 aliphatic heterocycles. The number of rotatable bonds is 0. The molecule has 1 saturated heterocycles. The van der Waals surface area contributed by atoms with Gasteiger partial charge in [-0.3, -0.25) is 0 Å². The maximum atomic E-state index is 5.67. The van der Waals surface area contributed by atoms with Crippen molar-refractivity contribution < 1.29 is 9.47 Å². The maximum Gasteiger partial charge on any atom is 0.199 e. The van der Waals surface area contributed by atoms with Gasteiger partial charge in [-0.05, 0) is 17.7 Å². The molecule has 0 unspecified atom stereocenters. The number of nitrogens with one attached hydrogen (secondary N) is 1. The van der Waals surface area contributed by atoms with E-state index in [-0.39, 0.29) is 12.4 Å². The minimum absolute atomic E-state index is 0.201. The number of pyridine rings is 1. The number of hydrogen-bond acceptors (Lipinski definition) is 3. The van der Waals surface area contributed by atoms with E-state index in [1.807, 2.05) is 6.07 Å². The summed E-state index contributed by atoms with van der Waals surface area (Å²) in [7, 11) is 0. The molecular formula is C11H10N2O2. The first-order valence-electron chi connectivity index (χ1n) is 5.14. The van der Waals surface area contributed by atoms with Gasteiger partial charge < -0.3 is 14.5 Å². The Balaban J connectivity index is 2.04. The van der Waals surface area contributed by atoms with E-state index in [0.29, 0.717) is 6.61 Å². The molecule has 4 heterocycles. The summed E-state index contributed by atoms with van der Waals surface area (Å²) in [6.45, 7) is 0.703. The Kier molecular flexibility index (Phi) is 1.36. The second-order valence-corrected chi connectivity index (χ2v) is 4.04. The molecule has 2 aromatic rings. The standard InChI is InChI=1S/C11H10N2O2/c1-2-7-8-4-6-5-14-11(15-6)9(8)13-10(7)12-3-1/h1-3,6,11H,4-5H2,(H,12,13)/t6-,11+/m0/s1. The van der Waals surface area contributed by atoms with Crippen molar-refractivity contribution in [3.8, 4) is 0 Å². The van der Waals surface area contributed by atoms with Gasteiger partial charge in [-0.15, -0.1) is 0 Å². The highest BCUT2D eigenvalue weighted by Crippen LogP contribution is 2.38. The maximum absolute atomic E-state index is 5.67. The second-order valence-electron chi connectivity index (χ2n) is 4.04. The quantitative estimate of drug-likeness (QED) is 0.704. The number of fused-ring (bicyclic) bond motifs is 6. The number of aromatic amines is 1. The third kappa shape index (κ3) is 0.952. The third-order valence-corrected chi connectivity index (χ3v) is 3.13. The molecule has 4 nitrogen and oxygen atoms in total. The van der Waals surface area contributed by atoms with Crippen LogP contribution in [0.25, 0.3) is 11.0 Å². The van der Waals surface area contributed by atoms with Gasteiger partial charge >= 0.3 is 0 Å². The van der Waals surface area contributed by atoms with Crippen LogP contribution in [0.4, 0.5) is 0 Å². The van der Waals surface area contributed by atoms with Crippen molar-refractivity contribution in [1.29, 1.82) is 0 Å². The molecule has 4 heteroatoms. The average Bonchev–Trinajstić information content (AvgIpc) is 2.83. The highest BCUT2D eigenvalue weighted by molar-refractivity contribution is 5.81. The van der Waals surface area contributed by atoms with E-state index in [0.717, 1.165) is 17.8 Å². The predicted octanol–water partition coefficient (Wildman–Crippen LogP) is 1.53. The SMILES string of the molecule is c1cnc2[nH]c3c(c2c1)C[C@H]1CO[C@@H]3O1. The summed E-state index contributed by atoms with van der Waals surface area (Å²) in [6, 6.07) is 4.07. The Morgan fingerprint density at radius 1 is 1.47 bits per heavy atom. The smallest absolute Gasteiger partial charge is 0.199 e. The van der Waals surface area contributed by atoms with Gasteiger partial charge in [0, 0.05) is 18.0 Å². The van der Waals surface area contributed by atoms with Crippen LogP contribution in [0.2, 0.25) is 0 Å². The number of H-pyrrole nitrogens is 1. The Hall–Kier alpha value is -1.39. The van der Waals surface area contributed by atoms with Gasteiger partial charge in [0.05, 0.1) is 18.4 Å². The molecule has 15 heavy (non-hydrogen) atoms. The third-order valence-electron chi connectivity index (χ3n) is 3.13. The zero-order valence-electron chi connectivity index (χ0n) is 8.06.